The molecule has 1 amide bonds. The van der Waals surface area contributed by atoms with Gasteiger partial charge in [-0.3, -0.25) is 4.79 Å². The van der Waals surface area contributed by atoms with E-state index in [9.17, 15) is 10.1 Å². The topological polar surface area (TPSA) is 80.6 Å². The Morgan fingerprint density at radius 3 is 2.21 bits per heavy atom. The molecule has 1 N–H and O–H groups in total. The monoisotopic (exact) mass is 380 g/mol. The SMILES string of the molecule is CCOc1ccc(NC(=O)/C(C#N)=C\c2ccc(OCC)c(OCC)c2)cc1. The Kier molecular flexibility index (Phi) is 7.92. The molecule has 0 unspecified atom stereocenters. The minimum atomic E-state index is -0.487. The lowest BCUT2D eigenvalue weighted by Gasteiger charge is -2.11. The highest BCUT2D eigenvalue weighted by molar-refractivity contribution is 6.09. The highest BCUT2D eigenvalue weighted by Gasteiger charge is 2.11. The maximum atomic E-state index is 12.4. The van der Waals surface area contributed by atoms with Gasteiger partial charge in [0.15, 0.2) is 11.5 Å². The predicted molar refractivity (Wildman–Crippen MR) is 109 cm³/mol. The van der Waals surface area contributed by atoms with E-state index >= 15 is 0 Å². The summed E-state index contributed by atoms with van der Waals surface area (Å²) in [6, 6.07) is 14.2. The fourth-order valence-corrected chi connectivity index (χ4v) is 2.47. The van der Waals surface area contributed by atoms with Gasteiger partial charge in [-0.1, -0.05) is 6.07 Å². The van der Waals surface area contributed by atoms with E-state index in [1.807, 2.05) is 26.8 Å². The molecular weight excluding hydrogens is 356 g/mol. The van der Waals surface area contributed by atoms with E-state index in [4.69, 9.17) is 14.2 Å². The highest BCUT2D eigenvalue weighted by atomic mass is 16.5. The molecule has 0 heterocycles. The third-order valence-corrected chi connectivity index (χ3v) is 3.67. The summed E-state index contributed by atoms with van der Waals surface area (Å²) in [5.41, 5.74) is 1.24. The fourth-order valence-electron chi connectivity index (χ4n) is 2.47. The van der Waals surface area contributed by atoms with Crippen molar-refractivity contribution in [2.75, 3.05) is 25.1 Å². The van der Waals surface area contributed by atoms with Gasteiger partial charge in [-0.25, -0.2) is 0 Å². The van der Waals surface area contributed by atoms with Gasteiger partial charge in [-0.15, -0.1) is 0 Å². The zero-order chi connectivity index (χ0) is 20.4. The molecule has 0 fully saturated rings. The lowest BCUT2D eigenvalue weighted by atomic mass is 10.1. The molecule has 0 spiro atoms. The number of nitriles is 1. The van der Waals surface area contributed by atoms with Crippen molar-refractivity contribution in [2.45, 2.75) is 20.8 Å². The molecular formula is C22H24N2O4. The smallest absolute Gasteiger partial charge is 0.266 e. The van der Waals surface area contributed by atoms with Crippen molar-refractivity contribution in [2.24, 2.45) is 0 Å². The average Bonchev–Trinajstić information content (AvgIpc) is 2.70. The summed E-state index contributed by atoms with van der Waals surface area (Å²) < 4.78 is 16.5. The largest absolute Gasteiger partial charge is 0.494 e. The summed E-state index contributed by atoms with van der Waals surface area (Å²) >= 11 is 0. The second-order valence-corrected chi connectivity index (χ2v) is 5.65. The van der Waals surface area contributed by atoms with Crippen LogP contribution in [-0.4, -0.2) is 25.7 Å². The van der Waals surface area contributed by atoms with Crippen molar-refractivity contribution in [3.63, 3.8) is 0 Å². The molecule has 146 valence electrons. The van der Waals surface area contributed by atoms with Crippen LogP contribution in [0.1, 0.15) is 26.3 Å². The van der Waals surface area contributed by atoms with Gasteiger partial charge in [0, 0.05) is 5.69 Å². The van der Waals surface area contributed by atoms with Crippen LogP contribution in [0.15, 0.2) is 48.0 Å². The van der Waals surface area contributed by atoms with Crippen LogP contribution < -0.4 is 19.5 Å². The number of rotatable bonds is 9. The first-order valence-electron chi connectivity index (χ1n) is 9.16. The quantitative estimate of drug-likeness (QED) is 0.514. The number of carbonyl (C=O) groups is 1. The minimum Gasteiger partial charge on any atom is -0.494 e. The van der Waals surface area contributed by atoms with Crippen molar-refractivity contribution in [1.82, 2.24) is 0 Å². The second kappa shape index (κ2) is 10.6. The Morgan fingerprint density at radius 2 is 1.61 bits per heavy atom. The number of benzene rings is 2. The number of hydrogen-bond acceptors (Lipinski definition) is 5. The second-order valence-electron chi connectivity index (χ2n) is 5.65. The maximum Gasteiger partial charge on any atom is 0.266 e. The molecule has 0 aliphatic rings. The number of amides is 1. The lowest BCUT2D eigenvalue weighted by Crippen LogP contribution is -2.13. The zero-order valence-corrected chi connectivity index (χ0v) is 16.3. The third-order valence-electron chi connectivity index (χ3n) is 3.67. The van der Waals surface area contributed by atoms with Crippen LogP contribution in [-0.2, 0) is 4.79 Å². The van der Waals surface area contributed by atoms with Crippen LogP contribution in [0.4, 0.5) is 5.69 Å². The van der Waals surface area contributed by atoms with Gasteiger partial charge in [0.05, 0.1) is 19.8 Å². The Bertz CT molecular complexity index is 867. The molecule has 2 aromatic rings. The number of ether oxygens (including phenoxy) is 3. The molecule has 2 aromatic carbocycles. The molecule has 0 aliphatic heterocycles. The molecule has 0 aromatic heterocycles. The van der Waals surface area contributed by atoms with Crippen molar-refractivity contribution in [3.05, 3.63) is 53.6 Å². The standard InChI is InChI=1S/C22H24N2O4/c1-4-26-19-10-8-18(9-11-19)24-22(25)17(15-23)13-16-7-12-20(27-5-2)21(14-16)28-6-3/h7-14H,4-6H2,1-3H3,(H,24,25)/b17-13-. The third kappa shape index (κ3) is 5.78. The van der Waals surface area contributed by atoms with Gasteiger partial charge in [-0.05, 0) is 68.8 Å². The Morgan fingerprint density at radius 1 is 0.964 bits per heavy atom. The number of carbonyl (C=O) groups excluding carboxylic acids is 1. The van der Waals surface area contributed by atoms with Crippen LogP contribution in [0.5, 0.6) is 17.2 Å². The van der Waals surface area contributed by atoms with E-state index in [0.717, 1.165) is 5.75 Å². The average molecular weight is 380 g/mol. The minimum absolute atomic E-state index is 0.0134. The van der Waals surface area contributed by atoms with E-state index in [1.165, 1.54) is 6.08 Å². The Balaban J connectivity index is 2.19. The lowest BCUT2D eigenvalue weighted by molar-refractivity contribution is -0.112. The van der Waals surface area contributed by atoms with Gasteiger partial charge >= 0.3 is 0 Å². The summed E-state index contributed by atoms with van der Waals surface area (Å²) in [7, 11) is 0. The summed E-state index contributed by atoms with van der Waals surface area (Å²) in [6.07, 6.45) is 1.52. The maximum absolute atomic E-state index is 12.4. The summed E-state index contributed by atoms with van der Waals surface area (Å²) in [6.45, 7) is 7.24. The van der Waals surface area contributed by atoms with Gasteiger partial charge < -0.3 is 19.5 Å². The number of nitrogens with zero attached hydrogens (tertiary/aromatic N) is 1. The molecule has 2 rings (SSSR count). The van der Waals surface area contributed by atoms with Crippen LogP contribution in [0.25, 0.3) is 6.08 Å². The molecule has 6 heteroatoms. The van der Waals surface area contributed by atoms with Crippen LogP contribution >= 0.6 is 0 Å². The molecule has 0 atom stereocenters. The summed E-state index contributed by atoms with van der Waals surface area (Å²) in [4.78, 5) is 12.4. The molecule has 6 nitrogen and oxygen atoms in total. The number of anilines is 1. The van der Waals surface area contributed by atoms with Crippen molar-refractivity contribution in [1.29, 1.82) is 5.26 Å². The normalized spacial score (nSPS) is 10.7. The number of nitrogens with one attached hydrogen (secondary N) is 1. The van der Waals surface area contributed by atoms with E-state index in [1.54, 1.807) is 42.5 Å². The highest BCUT2D eigenvalue weighted by Crippen LogP contribution is 2.29. The summed E-state index contributed by atoms with van der Waals surface area (Å²) in [5.74, 6) is 1.43. The van der Waals surface area contributed by atoms with Crippen molar-refractivity contribution < 1.29 is 19.0 Å². The zero-order valence-electron chi connectivity index (χ0n) is 16.3. The van der Waals surface area contributed by atoms with Crippen molar-refractivity contribution >= 4 is 17.7 Å². The molecule has 0 saturated carbocycles. The van der Waals surface area contributed by atoms with Crippen molar-refractivity contribution in [3.8, 4) is 23.3 Å². The Labute approximate surface area is 165 Å². The fraction of sp³-hybridized carbons (Fsp3) is 0.273. The van der Waals surface area contributed by atoms with Crippen LogP contribution in [0.3, 0.4) is 0 Å². The number of hydrogen-bond donors (Lipinski definition) is 1. The molecule has 0 saturated heterocycles. The van der Waals surface area contributed by atoms with Gasteiger partial charge in [0.2, 0.25) is 0 Å². The first-order valence-corrected chi connectivity index (χ1v) is 9.16. The first kappa shape index (κ1) is 20.8. The Hall–Kier alpha value is -3.46. The van der Waals surface area contributed by atoms with Gasteiger partial charge in [0.25, 0.3) is 5.91 Å². The first-order chi connectivity index (χ1) is 13.6. The van der Waals surface area contributed by atoms with Crippen LogP contribution in [0, 0.1) is 11.3 Å². The molecule has 0 bridgehead atoms. The summed E-state index contributed by atoms with van der Waals surface area (Å²) in [5, 5.41) is 12.1. The molecule has 28 heavy (non-hydrogen) atoms. The predicted octanol–water partition coefficient (Wildman–Crippen LogP) is 4.43. The molecule has 0 aliphatic carbocycles. The van der Waals surface area contributed by atoms with Crippen LogP contribution in [0.2, 0.25) is 0 Å². The molecule has 0 radical (unpaired) electrons. The van der Waals surface area contributed by atoms with Gasteiger partial charge in [-0.2, -0.15) is 5.26 Å². The van der Waals surface area contributed by atoms with E-state index in [2.05, 4.69) is 5.32 Å². The van der Waals surface area contributed by atoms with E-state index < -0.39 is 5.91 Å². The van der Waals surface area contributed by atoms with Gasteiger partial charge in [0.1, 0.15) is 17.4 Å². The van der Waals surface area contributed by atoms with E-state index in [-0.39, 0.29) is 5.57 Å². The van der Waals surface area contributed by atoms with E-state index in [0.29, 0.717) is 42.6 Å².